The molecule has 2 saturated heterocycles. The molecule has 3 aliphatic rings. The molecule has 5 N–H and O–H groups in total. The first kappa shape index (κ1) is 19.3. The molecule has 0 amide bonds. The van der Waals surface area contributed by atoms with Crippen LogP contribution in [0.25, 0.3) is 11.2 Å². The minimum absolute atomic E-state index is 0.0962. The number of aromatic nitrogens is 4. The number of ether oxygens (including phenoxy) is 1. The summed E-state index contributed by atoms with van der Waals surface area (Å²) in [6.45, 7) is 4.89. The van der Waals surface area contributed by atoms with E-state index in [4.69, 9.17) is 19.5 Å². The van der Waals surface area contributed by atoms with E-state index in [9.17, 15) is 19.9 Å². The van der Waals surface area contributed by atoms with Crippen molar-refractivity contribution in [2.24, 2.45) is 0 Å². The van der Waals surface area contributed by atoms with Gasteiger partial charge in [-0.05, 0) is 13.8 Å². The number of aliphatic hydroxyl groups excluding tert-OH is 2. The number of fused-ring (bicyclic) bond motifs is 6. The van der Waals surface area contributed by atoms with Crippen molar-refractivity contribution in [1.82, 2.24) is 19.5 Å². The van der Waals surface area contributed by atoms with Gasteiger partial charge in [-0.25, -0.2) is 15.0 Å². The fraction of sp³-hybridized carbons (Fsp3) is 0.688. The maximum absolute atomic E-state index is 12.8. The molecular formula is C16H22N5O7P. The minimum Gasteiger partial charge on any atom is -0.387 e. The van der Waals surface area contributed by atoms with Gasteiger partial charge in [0, 0.05) is 6.42 Å². The standard InChI is InChI=1S/C16H22N5O7P/c1-4-16(24)28-29(16,25)27-15(2,3)6-10-8(22)9(23)14(26-10)21-12(6)20-7-11(17)18-5-19-13(7)21/h5-6,8-10,14,22-24H,4H2,1-3H3,(H2,17,18,19). The zero-order chi connectivity index (χ0) is 20.9. The number of rotatable bonds is 4. The summed E-state index contributed by atoms with van der Waals surface area (Å²) in [7, 11) is -3.77. The van der Waals surface area contributed by atoms with Crippen LogP contribution in [0.2, 0.25) is 0 Å². The fourth-order valence-electron chi connectivity index (χ4n) is 4.33. The van der Waals surface area contributed by atoms with Crippen LogP contribution in [0.3, 0.4) is 0 Å². The smallest absolute Gasteiger partial charge is 0.387 e. The molecule has 7 unspecified atom stereocenters. The summed E-state index contributed by atoms with van der Waals surface area (Å²) in [5.41, 5.74) is 3.50. The molecule has 12 nitrogen and oxygen atoms in total. The molecule has 5 rings (SSSR count). The van der Waals surface area contributed by atoms with Crippen molar-refractivity contribution in [2.45, 2.75) is 68.8 Å². The lowest BCUT2D eigenvalue weighted by atomic mass is 9.83. The molecule has 0 radical (unpaired) electrons. The summed E-state index contributed by atoms with van der Waals surface area (Å²) in [5, 5.41) is 31.4. The van der Waals surface area contributed by atoms with Gasteiger partial charge >= 0.3 is 7.60 Å². The Hall–Kier alpha value is -1.66. The number of anilines is 1. The Morgan fingerprint density at radius 3 is 2.76 bits per heavy atom. The van der Waals surface area contributed by atoms with Crippen molar-refractivity contribution in [1.29, 1.82) is 0 Å². The summed E-state index contributed by atoms with van der Waals surface area (Å²) >= 11 is 0. The molecule has 5 heterocycles. The average molecular weight is 427 g/mol. The fourth-order valence-corrected chi connectivity index (χ4v) is 6.30. The number of imidazole rings is 1. The lowest BCUT2D eigenvalue weighted by Gasteiger charge is -2.39. The molecule has 0 aromatic carbocycles. The maximum atomic E-state index is 12.8. The van der Waals surface area contributed by atoms with Crippen LogP contribution in [-0.2, 0) is 18.3 Å². The molecule has 29 heavy (non-hydrogen) atoms. The summed E-state index contributed by atoms with van der Waals surface area (Å²) in [6, 6.07) is 0. The molecule has 2 bridgehead atoms. The highest BCUT2D eigenvalue weighted by Crippen LogP contribution is 2.80. The lowest BCUT2D eigenvalue weighted by molar-refractivity contribution is -0.0995. The molecule has 13 heteroatoms. The van der Waals surface area contributed by atoms with E-state index < -0.39 is 49.2 Å². The molecule has 7 atom stereocenters. The van der Waals surface area contributed by atoms with E-state index in [-0.39, 0.29) is 12.2 Å². The molecule has 2 fully saturated rings. The third kappa shape index (κ3) is 2.42. The first-order valence-corrected chi connectivity index (χ1v) is 10.8. The normalized spacial score (nSPS) is 41.0. The highest BCUT2D eigenvalue weighted by atomic mass is 31.2. The topological polar surface area (TPSA) is 178 Å². The van der Waals surface area contributed by atoms with Crippen LogP contribution in [0.1, 0.15) is 45.2 Å². The van der Waals surface area contributed by atoms with Crippen molar-refractivity contribution in [3.63, 3.8) is 0 Å². The Bertz CT molecular complexity index is 1060. The number of nitrogens with two attached hydrogens (primary N) is 1. The van der Waals surface area contributed by atoms with Gasteiger partial charge in [0.25, 0.3) is 5.53 Å². The lowest BCUT2D eigenvalue weighted by Crippen LogP contribution is -2.46. The summed E-state index contributed by atoms with van der Waals surface area (Å²) < 4.78 is 31.1. The minimum atomic E-state index is -3.77. The summed E-state index contributed by atoms with van der Waals surface area (Å²) in [5.74, 6) is -0.239. The van der Waals surface area contributed by atoms with Gasteiger partial charge in [-0.1, -0.05) is 6.92 Å². The maximum Gasteiger partial charge on any atom is 0.393 e. The zero-order valence-electron chi connectivity index (χ0n) is 16.0. The second-order valence-electron chi connectivity index (χ2n) is 8.10. The third-order valence-electron chi connectivity index (χ3n) is 5.90. The monoisotopic (exact) mass is 427 g/mol. The molecule has 3 aliphatic heterocycles. The second kappa shape index (κ2) is 5.73. The van der Waals surface area contributed by atoms with Crippen LogP contribution >= 0.6 is 7.60 Å². The van der Waals surface area contributed by atoms with Crippen LogP contribution in [0, 0.1) is 0 Å². The van der Waals surface area contributed by atoms with Crippen LogP contribution in [0.15, 0.2) is 6.33 Å². The van der Waals surface area contributed by atoms with Gasteiger partial charge in [0.15, 0.2) is 23.2 Å². The van der Waals surface area contributed by atoms with E-state index in [1.165, 1.54) is 6.33 Å². The van der Waals surface area contributed by atoms with Crippen LogP contribution in [-0.4, -0.2) is 64.3 Å². The van der Waals surface area contributed by atoms with Crippen molar-refractivity contribution in [3.05, 3.63) is 12.2 Å². The Balaban J connectivity index is 1.65. The average Bonchev–Trinajstić information content (AvgIpc) is 2.92. The third-order valence-corrected chi connectivity index (χ3v) is 8.25. The summed E-state index contributed by atoms with van der Waals surface area (Å²) in [4.78, 5) is 12.7. The first-order chi connectivity index (χ1) is 13.5. The van der Waals surface area contributed by atoms with Crippen LogP contribution in [0.5, 0.6) is 0 Å². The molecule has 2 aromatic rings. The molecule has 158 valence electrons. The highest BCUT2D eigenvalue weighted by Gasteiger charge is 2.72. The van der Waals surface area contributed by atoms with E-state index in [2.05, 4.69) is 15.0 Å². The van der Waals surface area contributed by atoms with Gasteiger partial charge in [0.05, 0.1) is 11.5 Å². The van der Waals surface area contributed by atoms with Gasteiger partial charge < -0.3 is 25.8 Å². The predicted octanol–water partition coefficient (Wildman–Crippen LogP) is 0.199. The van der Waals surface area contributed by atoms with Crippen molar-refractivity contribution >= 4 is 24.6 Å². The summed E-state index contributed by atoms with van der Waals surface area (Å²) in [6.07, 6.45) is -2.94. The molecule has 0 saturated carbocycles. The Morgan fingerprint density at radius 1 is 1.38 bits per heavy atom. The quantitative estimate of drug-likeness (QED) is 0.387. The number of nitrogen functional groups attached to an aromatic ring is 1. The van der Waals surface area contributed by atoms with Gasteiger partial charge in [0.2, 0.25) is 0 Å². The largest absolute Gasteiger partial charge is 0.393 e. The van der Waals surface area contributed by atoms with Crippen molar-refractivity contribution in [2.75, 3.05) is 5.73 Å². The van der Waals surface area contributed by atoms with Gasteiger partial charge in [-0.3, -0.25) is 18.2 Å². The Kier molecular flexibility index (Phi) is 3.81. The Labute approximate surface area is 165 Å². The highest BCUT2D eigenvalue weighted by molar-refractivity contribution is 7.61. The van der Waals surface area contributed by atoms with E-state index in [0.717, 1.165) is 0 Å². The SMILES string of the molecule is CCC1(O)OP1(=O)OC(C)(C)C1c2nc3c(N)ncnc3n2C2OC1C(O)C2O. The molecule has 0 aliphatic carbocycles. The van der Waals surface area contributed by atoms with Gasteiger partial charge in [-0.2, -0.15) is 0 Å². The van der Waals surface area contributed by atoms with Crippen molar-refractivity contribution < 1.29 is 33.7 Å². The van der Waals surface area contributed by atoms with Crippen molar-refractivity contribution in [3.8, 4) is 0 Å². The number of aliphatic hydroxyl groups is 3. The predicted molar refractivity (Wildman–Crippen MR) is 97.5 cm³/mol. The number of hydrogen-bond donors (Lipinski definition) is 4. The van der Waals surface area contributed by atoms with Gasteiger partial charge in [-0.15, -0.1) is 0 Å². The molecule has 2 aromatic heterocycles. The first-order valence-electron chi connectivity index (χ1n) is 9.27. The number of hydrogen-bond acceptors (Lipinski definition) is 11. The molecular weight excluding hydrogens is 405 g/mol. The van der Waals surface area contributed by atoms with E-state index in [1.807, 2.05) is 0 Å². The van der Waals surface area contributed by atoms with E-state index in [0.29, 0.717) is 17.0 Å². The Morgan fingerprint density at radius 2 is 2.10 bits per heavy atom. The van der Waals surface area contributed by atoms with Crippen LogP contribution in [0.4, 0.5) is 5.82 Å². The number of nitrogens with zero attached hydrogens (tertiary/aromatic N) is 4. The second-order valence-corrected chi connectivity index (χ2v) is 10.2. The molecule has 0 spiro atoms. The van der Waals surface area contributed by atoms with E-state index in [1.54, 1.807) is 25.3 Å². The van der Waals surface area contributed by atoms with Crippen LogP contribution < -0.4 is 5.73 Å². The van der Waals surface area contributed by atoms with Gasteiger partial charge in [0.1, 0.15) is 30.5 Å². The van der Waals surface area contributed by atoms with E-state index >= 15 is 0 Å². The zero-order valence-corrected chi connectivity index (χ0v) is 16.9.